The number of nitrogens with two attached hydrogens (primary N) is 1. The molecule has 0 radical (unpaired) electrons. The fourth-order valence-electron chi connectivity index (χ4n) is 4.22. The van der Waals surface area contributed by atoms with E-state index in [9.17, 15) is 9.18 Å². The lowest BCUT2D eigenvalue weighted by Crippen LogP contribution is -2.39. The van der Waals surface area contributed by atoms with Crippen LogP contribution in [0.15, 0.2) is 54.7 Å². The number of methoxy groups -OCH3 is 1. The summed E-state index contributed by atoms with van der Waals surface area (Å²) in [7, 11) is 1.63. The van der Waals surface area contributed by atoms with Crippen LogP contribution in [-0.4, -0.2) is 34.4 Å². The van der Waals surface area contributed by atoms with Crippen LogP contribution in [0.25, 0.3) is 11.1 Å². The first-order chi connectivity index (χ1) is 15.5. The highest BCUT2D eigenvalue weighted by Gasteiger charge is 2.31. The molecule has 4 rings (SSSR count). The predicted octanol–water partition coefficient (Wildman–Crippen LogP) is 4.56. The Labute approximate surface area is 187 Å². The molecule has 6 nitrogen and oxygen atoms in total. The lowest BCUT2D eigenvalue weighted by atomic mass is 9.93. The number of carbonyl (C=O) groups is 1. The highest BCUT2D eigenvalue weighted by Crippen LogP contribution is 2.36. The number of hydrogen-bond donors (Lipinski definition) is 1. The number of benzene rings is 2. The van der Waals surface area contributed by atoms with Gasteiger partial charge in [0, 0.05) is 24.7 Å². The molecule has 1 fully saturated rings. The molecule has 3 aromatic rings. The van der Waals surface area contributed by atoms with Crippen molar-refractivity contribution in [1.82, 2.24) is 14.9 Å². The number of rotatable bonds is 6. The molecule has 1 saturated heterocycles. The summed E-state index contributed by atoms with van der Waals surface area (Å²) >= 11 is 0. The van der Waals surface area contributed by atoms with Gasteiger partial charge in [-0.15, -0.1) is 0 Å². The van der Waals surface area contributed by atoms with Gasteiger partial charge in [0.1, 0.15) is 11.6 Å². The summed E-state index contributed by atoms with van der Waals surface area (Å²) in [6.07, 6.45) is 5.49. The van der Waals surface area contributed by atoms with Crippen LogP contribution in [0, 0.1) is 5.82 Å². The van der Waals surface area contributed by atoms with Gasteiger partial charge in [-0.3, -0.25) is 4.79 Å². The molecular formula is C25H27FN4O2. The van der Waals surface area contributed by atoms with Crippen molar-refractivity contribution in [3.8, 4) is 16.9 Å². The third-order valence-electron chi connectivity index (χ3n) is 5.92. The Kier molecular flexibility index (Phi) is 6.63. The number of halogens is 1. The van der Waals surface area contributed by atoms with Gasteiger partial charge in [-0.25, -0.2) is 14.4 Å². The summed E-state index contributed by atoms with van der Waals surface area (Å²) in [6, 6.07) is 13.8. The van der Waals surface area contributed by atoms with Crippen molar-refractivity contribution in [2.75, 3.05) is 19.4 Å². The number of anilines is 1. The smallest absolute Gasteiger partial charge is 0.223 e. The zero-order valence-corrected chi connectivity index (χ0v) is 18.1. The van der Waals surface area contributed by atoms with E-state index in [2.05, 4.69) is 9.97 Å². The molecular weight excluding hydrogens is 407 g/mol. The van der Waals surface area contributed by atoms with E-state index in [4.69, 9.17) is 10.5 Å². The van der Waals surface area contributed by atoms with Gasteiger partial charge < -0.3 is 15.4 Å². The Morgan fingerprint density at radius 3 is 2.62 bits per heavy atom. The zero-order chi connectivity index (χ0) is 22.5. The highest BCUT2D eigenvalue weighted by molar-refractivity contribution is 5.78. The Balaban J connectivity index is 1.57. The van der Waals surface area contributed by atoms with Crippen molar-refractivity contribution < 1.29 is 13.9 Å². The average molecular weight is 435 g/mol. The molecule has 1 aliphatic heterocycles. The van der Waals surface area contributed by atoms with Crippen LogP contribution in [-0.2, 0) is 11.2 Å². The maximum absolute atomic E-state index is 13.4. The van der Waals surface area contributed by atoms with Crippen LogP contribution in [0.2, 0.25) is 0 Å². The quantitative estimate of drug-likeness (QED) is 0.615. The number of nitrogen functional groups attached to an aromatic ring is 1. The second-order valence-corrected chi connectivity index (χ2v) is 7.98. The summed E-state index contributed by atoms with van der Waals surface area (Å²) in [4.78, 5) is 23.8. The molecule has 166 valence electrons. The van der Waals surface area contributed by atoms with Crippen LogP contribution < -0.4 is 10.5 Å². The largest absolute Gasteiger partial charge is 0.497 e. The van der Waals surface area contributed by atoms with Crippen molar-refractivity contribution in [2.24, 2.45) is 0 Å². The number of amides is 1. The lowest BCUT2D eigenvalue weighted by molar-refractivity contribution is -0.135. The molecule has 1 aromatic heterocycles. The average Bonchev–Trinajstić information content (AvgIpc) is 2.83. The van der Waals surface area contributed by atoms with Crippen LogP contribution in [0.3, 0.4) is 0 Å². The molecule has 32 heavy (non-hydrogen) atoms. The predicted molar refractivity (Wildman–Crippen MR) is 121 cm³/mol. The van der Waals surface area contributed by atoms with Gasteiger partial charge in [-0.2, -0.15) is 0 Å². The summed E-state index contributed by atoms with van der Waals surface area (Å²) in [5, 5.41) is 0. The van der Waals surface area contributed by atoms with Crippen LogP contribution in [0.4, 0.5) is 10.3 Å². The summed E-state index contributed by atoms with van der Waals surface area (Å²) in [5.41, 5.74) is 9.31. The topological polar surface area (TPSA) is 81.3 Å². The Bertz CT molecular complexity index is 1070. The van der Waals surface area contributed by atoms with Crippen molar-refractivity contribution in [3.05, 3.63) is 71.8 Å². The molecule has 0 aliphatic carbocycles. The van der Waals surface area contributed by atoms with Gasteiger partial charge in [0.05, 0.1) is 18.8 Å². The van der Waals surface area contributed by atoms with Gasteiger partial charge in [0.15, 0.2) is 0 Å². The lowest BCUT2D eigenvalue weighted by Gasteiger charge is -2.36. The number of piperidine rings is 1. The van der Waals surface area contributed by atoms with Crippen LogP contribution in [0.1, 0.15) is 43.0 Å². The molecule has 7 heteroatoms. The number of ether oxygens (including phenoxy) is 1. The molecule has 0 bridgehead atoms. The molecule has 2 N–H and O–H groups in total. The molecule has 2 aromatic carbocycles. The van der Waals surface area contributed by atoms with E-state index in [0.717, 1.165) is 47.4 Å². The van der Waals surface area contributed by atoms with E-state index in [1.54, 1.807) is 25.4 Å². The van der Waals surface area contributed by atoms with Crippen LogP contribution >= 0.6 is 0 Å². The monoisotopic (exact) mass is 434 g/mol. The van der Waals surface area contributed by atoms with E-state index in [-0.39, 0.29) is 23.7 Å². The summed E-state index contributed by atoms with van der Waals surface area (Å²) < 4.78 is 18.6. The summed E-state index contributed by atoms with van der Waals surface area (Å²) in [6.45, 7) is 0.679. The zero-order valence-electron chi connectivity index (χ0n) is 18.1. The highest BCUT2D eigenvalue weighted by atomic mass is 19.1. The maximum atomic E-state index is 13.4. The Hall–Kier alpha value is -3.48. The number of likely N-dealkylation sites (tertiary alicyclic amines) is 1. The third kappa shape index (κ3) is 4.88. The van der Waals surface area contributed by atoms with E-state index in [1.165, 1.54) is 12.1 Å². The van der Waals surface area contributed by atoms with E-state index >= 15 is 0 Å². The number of aromatic nitrogens is 2. The van der Waals surface area contributed by atoms with Crippen molar-refractivity contribution in [2.45, 2.75) is 38.1 Å². The minimum atomic E-state index is -0.306. The number of hydrogen-bond acceptors (Lipinski definition) is 5. The first-order valence-corrected chi connectivity index (χ1v) is 10.9. The SMILES string of the molecule is COc1ccc(CCC(=O)N2CCCCC2c2nc(N)ncc2-c2ccc(F)cc2)cc1. The van der Waals surface area contributed by atoms with E-state index in [0.29, 0.717) is 19.4 Å². The van der Waals surface area contributed by atoms with E-state index < -0.39 is 0 Å². The van der Waals surface area contributed by atoms with Gasteiger partial charge >= 0.3 is 0 Å². The van der Waals surface area contributed by atoms with Gasteiger partial charge in [0.2, 0.25) is 11.9 Å². The van der Waals surface area contributed by atoms with Gasteiger partial charge in [-0.05, 0) is 61.1 Å². The second-order valence-electron chi connectivity index (χ2n) is 7.98. The first-order valence-electron chi connectivity index (χ1n) is 10.9. The standard InChI is InChI=1S/C25H27FN4O2/c1-32-20-12-5-17(6-13-20)7-14-23(31)30-15-3-2-4-22(30)24-21(16-28-25(27)29-24)18-8-10-19(26)11-9-18/h5-6,8-13,16,22H,2-4,7,14-15H2,1H3,(H2,27,28,29). The molecule has 0 saturated carbocycles. The molecule has 1 atom stereocenters. The van der Waals surface area contributed by atoms with Crippen molar-refractivity contribution in [3.63, 3.8) is 0 Å². The first kappa shape index (κ1) is 21.7. The van der Waals surface area contributed by atoms with Gasteiger partial charge in [0.25, 0.3) is 0 Å². The molecule has 1 amide bonds. The minimum absolute atomic E-state index is 0.0905. The molecule has 1 unspecified atom stereocenters. The van der Waals surface area contributed by atoms with Gasteiger partial charge in [-0.1, -0.05) is 24.3 Å². The third-order valence-corrected chi connectivity index (χ3v) is 5.92. The number of aryl methyl sites for hydroxylation is 1. The number of nitrogens with zero attached hydrogens (tertiary/aromatic N) is 3. The number of carbonyl (C=O) groups excluding carboxylic acids is 1. The Morgan fingerprint density at radius 2 is 1.91 bits per heavy atom. The van der Waals surface area contributed by atoms with Crippen molar-refractivity contribution >= 4 is 11.9 Å². The van der Waals surface area contributed by atoms with Crippen molar-refractivity contribution in [1.29, 1.82) is 0 Å². The normalized spacial score (nSPS) is 16.1. The molecule has 2 heterocycles. The van der Waals surface area contributed by atoms with E-state index in [1.807, 2.05) is 29.2 Å². The van der Waals surface area contributed by atoms with Crippen LogP contribution in [0.5, 0.6) is 5.75 Å². The maximum Gasteiger partial charge on any atom is 0.223 e. The second kappa shape index (κ2) is 9.77. The summed E-state index contributed by atoms with van der Waals surface area (Å²) in [5.74, 6) is 0.750. The fraction of sp³-hybridized carbons (Fsp3) is 0.320. The minimum Gasteiger partial charge on any atom is -0.497 e. The fourth-order valence-corrected chi connectivity index (χ4v) is 4.22. The molecule has 1 aliphatic rings. The molecule has 0 spiro atoms. The Morgan fingerprint density at radius 1 is 1.16 bits per heavy atom.